The number of phenolic OH excluding ortho intramolecular Hbond substituents is 1. The third-order valence-corrected chi connectivity index (χ3v) is 3.94. The molecule has 1 saturated heterocycles. The van der Waals surface area contributed by atoms with Gasteiger partial charge in [0.25, 0.3) is 5.91 Å². The summed E-state index contributed by atoms with van der Waals surface area (Å²) in [6.07, 6.45) is -0.309. The Hall–Kier alpha value is -2.73. The van der Waals surface area contributed by atoms with Gasteiger partial charge in [-0.15, -0.1) is 0 Å². The van der Waals surface area contributed by atoms with Gasteiger partial charge in [0.1, 0.15) is 12.4 Å². The third kappa shape index (κ3) is 3.60. The number of halogens is 1. The number of ether oxygens (including phenoxy) is 1. The van der Waals surface area contributed by atoms with Crippen LogP contribution in [0.15, 0.2) is 42.5 Å². The number of amides is 2. The summed E-state index contributed by atoms with van der Waals surface area (Å²) in [5.41, 5.74) is 1.91. The average molecular weight is 347 g/mol. The number of nitrogens with zero attached hydrogens (tertiary/aromatic N) is 1. The highest BCUT2D eigenvalue weighted by Crippen LogP contribution is 2.24. The minimum Gasteiger partial charge on any atom is -0.506 e. The second-order valence-electron chi connectivity index (χ2n) is 5.35. The molecule has 124 valence electrons. The van der Waals surface area contributed by atoms with E-state index in [-0.39, 0.29) is 22.8 Å². The Bertz CT molecular complexity index is 777. The molecule has 0 atom stereocenters. The summed E-state index contributed by atoms with van der Waals surface area (Å²) in [6.45, 7) is 1.47. The van der Waals surface area contributed by atoms with Crippen LogP contribution in [0.4, 0.5) is 10.5 Å². The van der Waals surface area contributed by atoms with Crippen molar-refractivity contribution in [2.45, 2.75) is 6.54 Å². The fraction of sp³-hybridized carbons (Fsp3) is 0.176. The summed E-state index contributed by atoms with van der Waals surface area (Å²) >= 11 is 5.80. The molecule has 3 rings (SSSR count). The van der Waals surface area contributed by atoms with E-state index >= 15 is 0 Å². The first kappa shape index (κ1) is 16.1. The van der Waals surface area contributed by atoms with Crippen LogP contribution in [0.2, 0.25) is 5.02 Å². The van der Waals surface area contributed by atoms with Crippen molar-refractivity contribution in [1.29, 1.82) is 0 Å². The van der Waals surface area contributed by atoms with Crippen molar-refractivity contribution in [1.82, 2.24) is 4.90 Å². The Balaban J connectivity index is 1.64. The van der Waals surface area contributed by atoms with Gasteiger partial charge in [-0.3, -0.25) is 4.79 Å². The maximum absolute atomic E-state index is 12.2. The largest absolute Gasteiger partial charge is 0.506 e. The van der Waals surface area contributed by atoms with E-state index in [0.29, 0.717) is 30.9 Å². The SMILES string of the molecule is O=C(Nc1ccc(CN2CCOC2=O)cc1)c1ccc(O)c(Cl)c1. The maximum Gasteiger partial charge on any atom is 0.410 e. The molecular formula is C17H15ClN2O4. The van der Waals surface area contributed by atoms with E-state index in [2.05, 4.69) is 5.32 Å². The maximum atomic E-state index is 12.2. The predicted octanol–water partition coefficient (Wildman–Crippen LogP) is 3.25. The van der Waals surface area contributed by atoms with Crippen LogP contribution in [0.3, 0.4) is 0 Å². The molecule has 0 saturated carbocycles. The first-order valence-electron chi connectivity index (χ1n) is 7.33. The topological polar surface area (TPSA) is 78.9 Å². The zero-order valence-electron chi connectivity index (χ0n) is 12.7. The number of hydrogen-bond donors (Lipinski definition) is 2. The van der Waals surface area contributed by atoms with Crippen LogP contribution in [0, 0.1) is 0 Å². The van der Waals surface area contributed by atoms with E-state index in [9.17, 15) is 14.7 Å². The van der Waals surface area contributed by atoms with Gasteiger partial charge in [-0.05, 0) is 35.9 Å². The molecule has 2 aromatic carbocycles. The second-order valence-corrected chi connectivity index (χ2v) is 5.76. The van der Waals surface area contributed by atoms with Gasteiger partial charge >= 0.3 is 6.09 Å². The number of carbonyl (C=O) groups is 2. The van der Waals surface area contributed by atoms with Crippen molar-refractivity contribution in [3.63, 3.8) is 0 Å². The summed E-state index contributed by atoms with van der Waals surface area (Å²) in [6, 6.07) is 11.5. The van der Waals surface area contributed by atoms with Gasteiger partial charge < -0.3 is 20.1 Å². The number of nitrogens with one attached hydrogen (secondary N) is 1. The molecule has 2 amide bonds. The zero-order chi connectivity index (χ0) is 17.1. The molecule has 0 radical (unpaired) electrons. The van der Waals surface area contributed by atoms with Crippen LogP contribution in [0.25, 0.3) is 0 Å². The molecule has 6 nitrogen and oxygen atoms in total. The van der Waals surface area contributed by atoms with Gasteiger partial charge in [-0.1, -0.05) is 23.7 Å². The van der Waals surface area contributed by atoms with E-state index in [1.807, 2.05) is 12.1 Å². The Morgan fingerprint density at radius 1 is 1.25 bits per heavy atom. The molecule has 0 bridgehead atoms. The van der Waals surface area contributed by atoms with Gasteiger partial charge in [0.15, 0.2) is 0 Å². The van der Waals surface area contributed by atoms with Gasteiger partial charge in [-0.25, -0.2) is 4.79 Å². The molecule has 7 heteroatoms. The quantitative estimate of drug-likeness (QED) is 0.890. The van der Waals surface area contributed by atoms with E-state index in [0.717, 1.165) is 5.56 Å². The molecule has 2 aromatic rings. The minimum absolute atomic E-state index is 0.0713. The van der Waals surface area contributed by atoms with Gasteiger partial charge in [0.05, 0.1) is 11.6 Å². The van der Waals surface area contributed by atoms with E-state index < -0.39 is 0 Å². The summed E-state index contributed by atoms with van der Waals surface area (Å²) in [4.78, 5) is 25.2. The van der Waals surface area contributed by atoms with Crippen LogP contribution in [0.5, 0.6) is 5.75 Å². The molecule has 24 heavy (non-hydrogen) atoms. The predicted molar refractivity (Wildman–Crippen MR) is 89.3 cm³/mol. The lowest BCUT2D eigenvalue weighted by Gasteiger charge is -2.13. The highest BCUT2D eigenvalue weighted by molar-refractivity contribution is 6.32. The van der Waals surface area contributed by atoms with Crippen molar-refractivity contribution in [3.05, 3.63) is 58.6 Å². The molecule has 2 N–H and O–H groups in total. The Morgan fingerprint density at radius 3 is 2.62 bits per heavy atom. The smallest absolute Gasteiger partial charge is 0.410 e. The van der Waals surface area contributed by atoms with Crippen molar-refractivity contribution in [3.8, 4) is 5.75 Å². The van der Waals surface area contributed by atoms with Crippen molar-refractivity contribution < 1.29 is 19.4 Å². The molecule has 0 unspecified atom stereocenters. The second kappa shape index (κ2) is 6.80. The molecule has 0 spiro atoms. The molecule has 0 aromatic heterocycles. The number of phenols is 1. The Kier molecular flexibility index (Phi) is 4.57. The van der Waals surface area contributed by atoms with Crippen LogP contribution < -0.4 is 5.32 Å². The number of hydrogen-bond acceptors (Lipinski definition) is 4. The van der Waals surface area contributed by atoms with Gasteiger partial charge in [0.2, 0.25) is 0 Å². The number of aromatic hydroxyl groups is 1. The number of anilines is 1. The highest BCUT2D eigenvalue weighted by Gasteiger charge is 2.21. The van der Waals surface area contributed by atoms with Crippen molar-refractivity contribution in [2.24, 2.45) is 0 Å². The zero-order valence-corrected chi connectivity index (χ0v) is 13.4. The lowest BCUT2D eigenvalue weighted by atomic mass is 10.1. The van der Waals surface area contributed by atoms with E-state index in [4.69, 9.17) is 16.3 Å². The molecule has 1 aliphatic rings. The summed E-state index contributed by atoms with van der Waals surface area (Å²) in [5, 5.41) is 12.3. The third-order valence-electron chi connectivity index (χ3n) is 3.64. The number of benzene rings is 2. The monoisotopic (exact) mass is 346 g/mol. The number of rotatable bonds is 4. The van der Waals surface area contributed by atoms with Crippen molar-refractivity contribution in [2.75, 3.05) is 18.5 Å². The first-order valence-corrected chi connectivity index (χ1v) is 7.71. The normalized spacial score (nSPS) is 13.7. The van der Waals surface area contributed by atoms with E-state index in [1.54, 1.807) is 17.0 Å². The Morgan fingerprint density at radius 2 is 2.00 bits per heavy atom. The Labute approximate surface area is 143 Å². The molecule has 1 heterocycles. The standard InChI is InChI=1S/C17H15ClN2O4/c18-14-9-12(3-6-15(14)21)16(22)19-13-4-1-11(2-5-13)10-20-7-8-24-17(20)23/h1-6,9,21H,7-8,10H2,(H,19,22). The van der Waals surface area contributed by atoms with E-state index in [1.165, 1.54) is 18.2 Å². The van der Waals surface area contributed by atoms with Gasteiger partial charge in [0, 0.05) is 17.8 Å². The molecule has 0 aliphatic carbocycles. The first-order chi connectivity index (χ1) is 11.5. The fourth-order valence-corrected chi connectivity index (χ4v) is 2.52. The minimum atomic E-state index is -0.326. The summed E-state index contributed by atoms with van der Waals surface area (Å²) in [7, 11) is 0. The summed E-state index contributed by atoms with van der Waals surface area (Å²) in [5.74, 6) is -0.397. The van der Waals surface area contributed by atoms with Crippen LogP contribution in [-0.4, -0.2) is 35.2 Å². The van der Waals surface area contributed by atoms with Crippen LogP contribution in [-0.2, 0) is 11.3 Å². The summed E-state index contributed by atoms with van der Waals surface area (Å²) < 4.78 is 4.88. The van der Waals surface area contributed by atoms with Crippen molar-refractivity contribution >= 4 is 29.3 Å². The number of carbonyl (C=O) groups excluding carboxylic acids is 2. The van der Waals surface area contributed by atoms with Gasteiger partial charge in [-0.2, -0.15) is 0 Å². The lowest BCUT2D eigenvalue weighted by Crippen LogP contribution is -2.23. The highest BCUT2D eigenvalue weighted by atomic mass is 35.5. The molecular weight excluding hydrogens is 332 g/mol. The fourth-order valence-electron chi connectivity index (χ4n) is 2.33. The number of cyclic esters (lactones) is 1. The van der Waals surface area contributed by atoms with Crippen LogP contribution >= 0.6 is 11.6 Å². The van der Waals surface area contributed by atoms with Crippen LogP contribution in [0.1, 0.15) is 15.9 Å². The average Bonchev–Trinajstić information content (AvgIpc) is 2.97. The lowest BCUT2D eigenvalue weighted by molar-refractivity contribution is 0.102. The molecule has 1 fully saturated rings. The molecule has 1 aliphatic heterocycles.